The number of anilines is 1. The molecule has 0 saturated carbocycles. The molecular formula is C20H26N2OS. The number of aryl methyl sites for hydroxylation is 3. The molecule has 2 N–H and O–H groups in total. The zero-order valence-electron chi connectivity index (χ0n) is 14.8. The van der Waals surface area contributed by atoms with Crippen LogP contribution in [0.1, 0.15) is 30.0 Å². The minimum atomic E-state index is 0.303. The molecule has 0 aromatic heterocycles. The molecule has 0 spiro atoms. The van der Waals surface area contributed by atoms with Gasteiger partial charge >= 0.3 is 0 Å². The van der Waals surface area contributed by atoms with Gasteiger partial charge in [-0.3, -0.25) is 0 Å². The molecule has 2 aromatic rings. The smallest absolute Gasteiger partial charge is 0.170 e. The molecule has 1 atom stereocenters. The molecule has 2 aromatic carbocycles. The summed E-state index contributed by atoms with van der Waals surface area (Å²) in [6.07, 6.45) is 2.02. The van der Waals surface area contributed by atoms with Crippen LogP contribution >= 0.6 is 12.2 Å². The summed E-state index contributed by atoms with van der Waals surface area (Å²) in [5, 5.41) is 7.33. The first-order chi connectivity index (χ1) is 11.5. The highest BCUT2D eigenvalue weighted by Crippen LogP contribution is 2.16. The lowest BCUT2D eigenvalue weighted by atomic mass is 10.1. The number of nitrogens with one attached hydrogen (secondary N) is 2. The molecule has 128 valence electrons. The van der Waals surface area contributed by atoms with Crippen molar-refractivity contribution in [2.75, 3.05) is 12.4 Å². The molecule has 4 heteroatoms. The summed E-state index contributed by atoms with van der Waals surface area (Å²) in [4.78, 5) is 0. The first-order valence-electron chi connectivity index (χ1n) is 8.25. The zero-order valence-corrected chi connectivity index (χ0v) is 15.7. The normalized spacial score (nSPS) is 11.7. The maximum atomic E-state index is 5.44. The van der Waals surface area contributed by atoms with E-state index in [1.54, 1.807) is 7.11 Å². The van der Waals surface area contributed by atoms with Gasteiger partial charge in [-0.1, -0.05) is 24.3 Å². The second kappa shape index (κ2) is 8.69. The lowest BCUT2D eigenvalue weighted by Gasteiger charge is -2.18. The summed E-state index contributed by atoms with van der Waals surface area (Å²) in [5.74, 6) is 0.892. The molecule has 1 unspecified atom stereocenters. The van der Waals surface area contributed by atoms with Crippen LogP contribution in [-0.2, 0) is 6.42 Å². The molecule has 0 saturated heterocycles. The average Bonchev–Trinajstić information content (AvgIpc) is 2.56. The van der Waals surface area contributed by atoms with Gasteiger partial charge in [-0.25, -0.2) is 0 Å². The predicted octanol–water partition coefficient (Wildman–Crippen LogP) is 4.62. The van der Waals surface area contributed by atoms with Crippen LogP contribution in [0.4, 0.5) is 5.69 Å². The number of rotatable bonds is 6. The Morgan fingerprint density at radius 2 is 1.83 bits per heavy atom. The second-order valence-corrected chi connectivity index (χ2v) is 6.61. The monoisotopic (exact) mass is 342 g/mol. The number of benzene rings is 2. The average molecular weight is 343 g/mol. The fourth-order valence-electron chi connectivity index (χ4n) is 2.50. The van der Waals surface area contributed by atoms with Crippen LogP contribution in [0.5, 0.6) is 5.75 Å². The minimum Gasteiger partial charge on any atom is -0.497 e. The number of hydrogen-bond acceptors (Lipinski definition) is 2. The number of hydrogen-bond donors (Lipinski definition) is 2. The molecule has 2 rings (SSSR count). The minimum absolute atomic E-state index is 0.303. The molecule has 0 heterocycles. The molecule has 0 aliphatic rings. The van der Waals surface area contributed by atoms with Crippen molar-refractivity contribution in [3.63, 3.8) is 0 Å². The van der Waals surface area contributed by atoms with Crippen LogP contribution in [0.3, 0.4) is 0 Å². The third kappa shape index (κ3) is 5.53. The fourth-order valence-corrected chi connectivity index (χ4v) is 2.81. The Bertz CT molecular complexity index is 683. The molecular weight excluding hydrogens is 316 g/mol. The van der Waals surface area contributed by atoms with E-state index in [1.807, 2.05) is 12.1 Å². The first-order valence-corrected chi connectivity index (χ1v) is 8.66. The third-order valence-corrected chi connectivity index (χ3v) is 4.26. The van der Waals surface area contributed by atoms with Gasteiger partial charge < -0.3 is 15.4 Å². The maximum Gasteiger partial charge on any atom is 0.170 e. The van der Waals surface area contributed by atoms with Crippen LogP contribution in [0.2, 0.25) is 0 Å². The van der Waals surface area contributed by atoms with E-state index in [0.717, 1.165) is 24.3 Å². The van der Waals surface area contributed by atoms with E-state index in [1.165, 1.54) is 16.7 Å². The van der Waals surface area contributed by atoms with Gasteiger partial charge in [0, 0.05) is 11.7 Å². The Morgan fingerprint density at radius 3 is 2.50 bits per heavy atom. The van der Waals surface area contributed by atoms with E-state index >= 15 is 0 Å². The molecule has 24 heavy (non-hydrogen) atoms. The molecule has 3 nitrogen and oxygen atoms in total. The standard InChI is InChI=1S/C20H26N2OS/c1-14-5-6-15(2)19(13-14)22-20(24)21-16(3)7-8-17-9-11-18(23-4)12-10-17/h5-6,9-13,16H,7-8H2,1-4H3,(H2,21,22,24). The van der Waals surface area contributed by atoms with Gasteiger partial charge in [-0.05, 0) is 80.7 Å². The van der Waals surface area contributed by atoms with Gasteiger partial charge in [0.05, 0.1) is 7.11 Å². The topological polar surface area (TPSA) is 33.3 Å². The summed E-state index contributed by atoms with van der Waals surface area (Å²) in [6, 6.07) is 14.8. The summed E-state index contributed by atoms with van der Waals surface area (Å²) >= 11 is 5.44. The molecule has 0 bridgehead atoms. The van der Waals surface area contributed by atoms with Gasteiger partial charge in [-0.15, -0.1) is 0 Å². The van der Waals surface area contributed by atoms with E-state index < -0.39 is 0 Å². The van der Waals surface area contributed by atoms with E-state index in [4.69, 9.17) is 17.0 Å². The van der Waals surface area contributed by atoms with Gasteiger partial charge in [0.25, 0.3) is 0 Å². The Hall–Kier alpha value is -2.07. The molecule has 0 fully saturated rings. The van der Waals surface area contributed by atoms with Crippen molar-refractivity contribution in [1.29, 1.82) is 0 Å². The fraction of sp³-hybridized carbons (Fsp3) is 0.350. The number of ether oxygens (including phenoxy) is 1. The highest BCUT2D eigenvalue weighted by Gasteiger charge is 2.07. The van der Waals surface area contributed by atoms with E-state index in [9.17, 15) is 0 Å². The van der Waals surface area contributed by atoms with Crippen molar-refractivity contribution in [2.45, 2.75) is 39.7 Å². The van der Waals surface area contributed by atoms with Crippen LogP contribution < -0.4 is 15.4 Å². The van der Waals surface area contributed by atoms with Crippen molar-refractivity contribution in [3.8, 4) is 5.75 Å². The highest BCUT2D eigenvalue weighted by molar-refractivity contribution is 7.80. The second-order valence-electron chi connectivity index (χ2n) is 6.20. The molecule has 0 amide bonds. The van der Waals surface area contributed by atoms with E-state index in [2.05, 4.69) is 61.7 Å². The lowest BCUT2D eigenvalue weighted by molar-refractivity contribution is 0.414. The molecule has 0 aliphatic carbocycles. The third-order valence-electron chi connectivity index (χ3n) is 4.04. The van der Waals surface area contributed by atoms with Gasteiger partial charge in [0.15, 0.2) is 5.11 Å². The van der Waals surface area contributed by atoms with Gasteiger partial charge in [-0.2, -0.15) is 0 Å². The van der Waals surface area contributed by atoms with E-state index in [-0.39, 0.29) is 0 Å². The van der Waals surface area contributed by atoms with Crippen molar-refractivity contribution >= 4 is 23.0 Å². The maximum absolute atomic E-state index is 5.44. The largest absolute Gasteiger partial charge is 0.497 e. The summed E-state index contributed by atoms with van der Waals surface area (Å²) in [7, 11) is 1.69. The van der Waals surface area contributed by atoms with Crippen LogP contribution in [-0.4, -0.2) is 18.3 Å². The Kier molecular flexibility index (Phi) is 6.62. The SMILES string of the molecule is COc1ccc(CCC(C)NC(=S)Nc2cc(C)ccc2C)cc1. The van der Waals surface area contributed by atoms with Crippen molar-refractivity contribution in [1.82, 2.24) is 5.32 Å². The van der Waals surface area contributed by atoms with Crippen molar-refractivity contribution in [3.05, 3.63) is 59.2 Å². The summed E-state index contributed by atoms with van der Waals surface area (Å²) < 4.78 is 5.18. The van der Waals surface area contributed by atoms with Crippen LogP contribution in [0.25, 0.3) is 0 Å². The summed E-state index contributed by atoms with van der Waals surface area (Å²) in [5.41, 5.74) is 4.78. The van der Waals surface area contributed by atoms with E-state index in [0.29, 0.717) is 11.2 Å². The first kappa shape index (κ1) is 18.3. The Balaban J connectivity index is 1.81. The number of thiocarbonyl (C=S) groups is 1. The van der Waals surface area contributed by atoms with Crippen molar-refractivity contribution < 1.29 is 4.74 Å². The Labute approximate surface area is 150 Å². The molecule has 0 radical (unpaired) electrons. The van der Waals surface area contributed by atoms with Gasteiger partial charge in [0.2, 0.25) is 0 Å². The number of methoxy groups -OCH3 is 1. The molecule has 0 aliphatic heterocycles. The van der Waals surface area contributed by atoms with Crippen LogP contribution in [0, 0.1) is 13.8 Å². The highest BCUT2D eigenvalue weighted by atomic mass is 32.1. The Morgan fingerprint density at radius 1 is 1.12 bits per heavy atom. The lowest BCUT2D eigenvalue weighted by Crippen LogP contribution is -2.36. The predicted molar refractivity (Wildman–Crippen MR) is 106 cm³/mol. The quantitative estimate of drug-likeness (QED) is 0.751. The summed E-state index contributed by atoms with van der Waals surface area (Å²) in [6.45, 7) is 6.32. The van der Waals surface area contributed by atoms with Crippen molar-refractivity contribution in [2.24, 2.45) is 0 Å². The van der Waals surface area contributed by atoms with Gasteiger partial charge in [0.1, 0.15) is 5.75 Å². The van der Waals surface area contributed by atoms with Crippen LogP contribution in [0.15, 0.2) is 42.5 Å². The zero-order chi connectivity index (χ0) is 17.5.